The van der Waals surface area contributed by atoms with Crippen LogP contribution in [0.25, 0.3) is 0 Å². The van der Waals surface area contributed by atoms with Crippen LogP contribution in [0.3, 0.4) is 0 Å². The fourth-order valence-electron chi connectivity index (χ4n) is 3.31. The van der Waals surface area contributed by atoms with E-state index in [-0.39, 0.29) is 17.8 Å². The van der Waals surface area contributed by atoms with Gasteiger partial charge < -0.3 is 15.0 Å². The van der Waals surface area contributed by atoms with Gasteiger partial charge in [-0.05, 0) is 58.0 Å². The maximum atomic E-state index is 12.3. The first-order valence-corrected chi connectivity index (χ1v) is 8.35. The van der Waals surface area contributed by atoms with Gasteiger partial charge in [-0.1, -0.05) is 0 Å². The molecule has 120 valence electrons. The Morgan fingerprint density at radius 3 is 2.86 bits per heavy atom. The first-order valence-electron chi connectivity index (χ1n) is 8.35. The van der Waals surface area contributed by atoms with E-state index in [1.165, 1.54) is 12.8 Å². The molecule has 21 heavy (non-hydrogen) atoms. The Balaban J connectivity index is 1.74. The number of hydrogen-bond donors (Lipinski definition) is 1. The van der Waals surface area contributed by atoms with E-state index in [0.717, 1.165) is 38.9 Å². The van der Waals surface area contributed by atoms with Gasteiger partial charge in [0.1, 0.15) is 0 Å². The van der Waals surface area contributed by atoms with Crippen LogP contribution in [0.1, 0.15) is 45.4 Å². The molecule has 1 N–H and O–H groups in total. The van der Waals surface area contributed by atoms with E-state index in [1.54, 1.807) is 0 Å². The van der Waals surface area contributed by atoms with E-state index in [4.69, 9.17) is 4.74 Å². The fraction of sp³-hybridized carbons (Fsp3) is 0.875. The van der Waals surface area contributed by atoms with Crippen molar-refractivity contribution >= 4 is 11.9 Å². The highest BCUT2D eigenvalue weighted by Gasteiger charge is 2.29. The van der Waals surface area contributed by atoms with Crippen molar-refractivity contribution in [2.75, 3.05) is 32.8 Å². The summed E-state index contributed by atoms with van der Waals surface area (Å²) in [6.07, 6.45) is 5.77. The molecule has 0 aromatic rings. The van der Waals surface area contributed by atoms with E-state index in [2.05, 4.69) is 5.32 Å². The number of esters is 1. The Morgan fingerprint density at radius 1 is 1.29 bits per heavy atom. The number of nitrogens with one attached hydrogen (secondary N) is 1. The van der Waals surface area contributed by atoms with Crippen LogP contribution in [0, 0.1) is 11.8 Å². The summed E-state index contributed by atoms with van der Waals surface area (Å²) in [7, 11) is 0. The number of amides is 1. The Kier molecular flexibility index (Phi) is 6.49. The number of hydrogen-bond acceptors (Lipinski definition) is 4. The largest absolute Gasteiger partial charge is 0.466 e. The van der Waals surface area contributed by atoms with Gasteiger partial charge in [0.05, 0.1) is 12.5 Å². The van der Waals surface area contributed by atoms with Crippen molar-refractivity contribution in [2.45, 2.75) is 45.4 Å². The monoisotopic (exact) mass is 296 g/mol. The van der Waals surface area contributed by atoms with Crippen LogP contribution in [-0.4, -0.2) is 49.6 Å². The standard InChI is InChI=1S/C16H28N2O3/c1-2-21-16(20)14-6-4-10-18(12-14)15(19)8-7-13-5-3-9-17-11-13/h13-14,17H,2-12H2,1H3. The zero-order valence-electron chi connectivity index (χ0n) is 13.1. The molecule has 1 amide bonds. The van der Waals surface area contributed by atoms with Crippen LogP contribution in [0.5, 0.6) is 0 Å². The van der Waals surface area contributed by atoms with Crippen molar-refractivity contribution in [3.05, 3.63) is 0 Å². The quantitative estimate of drug-likeness (QED) is 0.782. The highest BCUT2D eigenvalue weighted by molar-refractivity contribution is 5.78. The number of rotatable bonds is 5. The fourth-order valence-corrected chi connectivity index (χ4v) is 3.31. The third-order valence-electron chi connectivity index (χ3n) is 4.56. The van der Waals surface area contributed by atoms with Crippen molar-refractivity contribution in [3.8, 4) is 0 Å². The van der Waals surface area contributed by atoms with E-state index in [9.17, 15) is 9.59 Å². The molecule has 0 radical (unpaired) electrons. The molecule has 0 bridgehead atoms. The number of carbonyl (C=O) groups is 2. The Hall–Kier alpha value is -1.10. The summed E-state index contributed by atoms with van der Waals surface area (Å²) < 4.78 is 5.08. The highest BCUT2D eigenvalue weighted by atomic mass is 16.5. The predicted octanol–water partition coefficient (Wildman–Crippen LogP) is 1.57. The lowest BCUT2D eigenvalue weighted by Crippen LogP contribution is -2.43. The first kappa shape index (κ1) is 16.3. The molecule has 0 aliphatic carbocycles. The highest BCUT2D eigenvalue weighted by Crippen LogP contribution is 2.21. The van der Waals surface area contributed by atoms with Crippen molar-refractivity contribution in [1.82, 2.24) is 10.2 Å². The second-order valence-corrected chi connectivity index (χ2v) is 6.18. The molecule has 5 heteroatoms. The molecule has 2 aliphatic rings. The number of ether oxygens (including phenoxy) is 1. The number of likely N-dealkylation sites (tertiary alicyclic amines) is 1. The van der Waals surface area contributed by atoms with E-state index < -0.39 is 0 Å². The molecule has 5 nitrogen and oxygen atoms in total. The topological polar surface area (TPSA) is 58.6 Å². The predicted molar refractivity (Wildman–Crippen MR) is 80.8 cm³/mol. The molecular formula is C16H28N2O3. The smallest absolute Gasteiger partial charge is 0.310 e. The third-order valence-corrected chi connectivity index (χ3v) is 4.56. The van der Waals surface area contributed by atoms with E-state index in [0.29, 0.717) is 25.5 Å². The van der Waals surface area contributed by atoms with Gasteiger partial charge in [-0.25, -0.2) is 0 Å². The van der Waals surface area contributed by atoms with Gasteiger partial charge in [-0.3, -0.25) is 9.59 Å². The molecule has 2 aliphatic heterocycles. The van der Waals surface area contributed by atoms with Crippen LogP contribution in [0.15, 0.2) is 0 Å². The third kappa shape index (κ3) is 4.99. The number of carbonyl (C=O) groups excluding carboxylic acids is 2. The number of piperidine rings is 2. The lowest BCUT2D eigenvalue weighted by molar-refractivity contribution is -0.151. The molecular weight excluding hydrogens is 268 g/mol. The van der Waals surface area contributed by atoms with Gasteiger partial charge in [0.25, 0.3) is 0 Å². The van der Waals surface area contributed by atoms with Gasteiger partial charge in [-0.2, -0.15) is 0 Å². The van der Waals surface area contributed by atoms with Gasteiger partial charge in [-0.15, -0.1) is 0 Å². The molecule has 0 aromatic heterocycles. The minimum absolute atomic E-state index is 0.126. The van der Waals surface area contributed by atoms with Crippen molar-refractivity contribution in [3.63, 3.8) is 0 Å². The molecule has 2 fully saturated rings. The molecule has 2 unspecified atom stereocenters. The van der Waals surface area contributed by atoms with Gasteiger partial charge in [0, 0.05) is 19.5 Å². The SMILES string of the molecule is CCOC(=O)C1CCCN(C(=O)CCC2CCCNC2)C1. The summed E-state index contributed by atoms with van der Waals surface area (Å²) in [5.74, 6) is 0.563. The summed E-state index contributed by atoms with van der Waals surface area (Å²) in [4.78, 5) is 26.0. The Morgan fingerprint density at radius 2 is 2.14 bits per heavy atom. The second-order valence-electron chi connectivity index (χ2n) is 6.18. The second kappa shape index (κ2) is 8.37. The van der Waals surface area contributed by atoms with Crippen LogP contribution in [0.4, 0.5) is 0 Å². The van der Waals surface area contributed by atoms with Crippen LogP contribution in [0.2, 0.25) is 0 Å². The summed E-state index contributed by atoms with van der Waals surface area (Å²) in [5.41, 5.74) is 0. The molecule has 0 spiro atoms. The van der Waals surface area contributed by atoms with Crippen molar-refractivity contribution in [1.29, 1.82) is 0 Å². The zero-order valence-corrected chi connectivity index (χ0v) is 13.1. The zero-order chi connectivity index (χ0) is 15.1. The molecule has 2 atom stereocenters. The minimum atomic E-state index is -0.147. The molecule has 2 saturated heterocycles. The van der Waals surface area contributed by atoms with Crippen LogP contribution >= 0.6 is 0 Å². The molecule has 0 saturated carbocycles. The average Bonchev–Trinajstić information content (AvgIpc) is 2.54. The maximum absolute atomic E-state index is 12.3. The summed E-state index contributed by atoms with van der Waals surface area (Å²) in [6.45, 7) is 5.72. The van der Waals surface area contributed by atoms with Gasteiger partial charge in [0.15, 0.2) is 0 Å². The summed E-state index contributed by atoms with van der Waals surface area (Å²) >= 11 is 0. The molecule has 2 heterocycles. The van der Waals surface area contributed by atoms with E-state index >= 15 is 0 Å². The lowest BCUT2D eigenvalue weighted by Gasteiger charge is -2.32. The maximum Gasteiger partial charge on any atom is 0.310 e. The first-order chi connectivity index (χ1) is 10.2. The minimum Gasteiger partial charge on any atom is -0.466 e. The van der Waals surface area contributed by atoms with Crippen molar-refractivity contribution < 1.29 is 14.3 Å². The van der Waals surface area contributed by atoms with Gasteiger partial charge in [0.2, 0.25) is 5.91 Å². The Labute approximate surface area is 127 Å². The Bertz CT molecular complexity index is 353. The molecule has 2 rings (SSSR count). The van der Waals surface area contributed by atoms with Crippen LogP contribution < -0.4 is 5.32 Å². The van der Waals surface area contributed by atoms with Crippen molar-refractivity contribution in [2.24, 2.45) is 11.8 Å². The normalized spacial score (nSPS) is 26.4. The summed E-state index contributed by atoms with van der Waals surface area (Å²) in [5, 5.41) is 3.39. The molecule has 0 aromatic carbocycles. The average molecular weight is 296 g/mol. The van der Waals surface area contributed by atoms with Gasteiger partial charge >= 0.3 is 5.97 Å². The van der Waals surface area contributed by atoms with Crippen LogP contribution in [-0.2, 0) is 14.3 Å². The summed E-state index contributed by atoms with van der Waals surface area (Å²) in [6, 6.07) is 0. The lowest BCUT2D eigenvalue weighted by atomic mass is 9.93. The van der Waals surface area contributed by atoms with E-state index in [1.807, 2.05) is 11.8 Å². The number of nitrogens with zero attached hydrogens (tertiary/aromatic N) is 1.